The fraction of sp³-hybridized carbons (Fsp3) is 0.400. The summed E-state index contributed by atoms with van der Waals surface area (Å²) in [4.78, 5) is 38.4. The molecule has 0 radical (unpaired) electrons. The lowest BCUT2D eigenvalue weighted by Crippen LogP contribution is -2.37. The molecule has 156 valence electrons. The minimum Gasteiger partial charge on any atom is -0.455 e. The lowest BCUT2D eigenvalue weighted by molar-refractivity contribution is -0.154. The van der Waals surface area contributed by atoms with Crippen LogP contribution in [0.3, 0.4) is 0 Å². The number of ketones is 1. The Morgan fingerprint density at radius 2 is 1.60 bits per heavy atom. The van der Waals surface area contributed by atoms with Crippen LogP contribution in [-0.2, 0) is 20.7 Å². The Bertz CT molecular complexity index is 939. The fourth-order valence-corrected chi connectivity index (χ4v) is 5.17. The Kier molecular flexibility index (Phi) is 5.98. The molecule has 0 saturated heterocycles. The molecule has 2 saturated carbocycles. The molecule has 1 N–H and O–H groups in total. The zero-order valence-electron chi connectivity index (χ0n) is 17.2. The summed E-state index contributed by atoms with van der Waals surface area (Å²) in [7, 11) is 0. The van der Waals surface area contributed by atoms with E-state index in [0.717, 1.165) is 36.9 Å². The van der Waals surface area contributed by atoms with Crippen LogP contribution in [0.5, 0.6) is 0 Å². The minimum absolute atomic E-state index is 0.0195. The quantitative estimate of drug-likeness (QED) is 0.551. The maximum atomic E-state index is 13.1. The molecule has 2 aliphatic carbocycles. The van der Waals surface area contributed by atoms with E-state index in [2.05, 4.69) is 5.32 Å². The van der Waals surface area contributed by atoms with Gasteiger partial charge in [0.25, 0.3) is 5.91 Å². The summed E-state index contributed by atoms with van der Waals surface area (Å²) in [6, 6.07) is 16.7. The molecular formula is C25H27NO4. The van der Waals surface area contributed by atoms with Gasteiger partial charge in [-0.2, -0.15) is 0 Å². The van der Waals surface area contributed by atoms with Crippen molar-refractivity contribution in [1.82, 2.24) is 0 Å². The number of carbonyl (C=O) groups is 3. The number of Topliss-reactive ketones (excluding diaryl/α,β-unsaturated/α-hetero) is 1. The molecule has 4 rings (SSSR count). The molecule has 4 atom stereocenters. The van der Waals surface area contributed by atoms with Crippen molar-refractivity contribution >= 4 is 23.3 Å². The molecule has 2 fully saturated rings. The second-order valence-electron chi connectivity index (χ2n) is 8.28. The highest BCUT2D eigenvalue weighted by Crippen LogP contribution is 2.53. The lowest BCUT2D eigenvalue weighted by Gasteiger charge is -2.28. The third kappa shape index (κ3) is 4.02. The average Bonchev–Trinajstić information content (AvgIpc) is 3.40. The van der Waals surface area contributed by atoms with Crippen molar-refractivity contribution in [3.8, 4) is 0 Å². The second-order valence-corrected chi connectivity index (χ2v) is 8.28. The van der Waals surface area contributed by atoms with Gasteiger partial charge in [-0.05, 0) is 49.1 Å². The van der Waals surface area contributed by atoms with Gasteiger partial charge in [0.2, 0.25) is 0 Å². The molecule has 30 heavy (non-hydrogen) atoms. The van der Waals surface area contributed by atoms with E-state index < -0.39 is 11.9 Å². The number of nitrogens with one attached hydrogen (secondary N) is 1. The first-order valence-electron chi connectivity index (χ1n) is 10.7. The Morgan fingerprint density at radius 1 is 0.933 bits per heavy atom. The van der Waals surface area contributed by atoms with Crippen LogP contribution < -0.4 is 5.32 Å². The van der Waals surface area contributed by atoms with E-state index in [4.69, 9.17) is 4.74 Å². The van der Waals surface area contributed by atoms with Crippen molar-refractivity contribution in [2.24, 2.45) is 23.7 Å². The van der Waals surface area contributed by atoms with E-state index in [0.29, 0.717) is 5.56 Å². The van der Waals surface area contributed by atoms with Gasteiger partial charge in [0.05, 0.1) is 5.92 Å². The fourth-order valence-electron chi connectivity index (χ4n) is 5.17. The van der Waals surface area contributed by atoms with Crippen LogP contribution in [0, 0.1) is 23.7 Å². The van der Waals surface area contributed by atoms with Crippen LogP contribution in [0.4, 0.5) is 5.69 Å². The van der Waals surface area contributed by atoms with Crippen molar-refractivity contribution in [2.45, 2.75) is 32.6 Å². The van der Waals surface area contributed by atoms with Crippen molar-refractivity contribution in [1.29, 1.82) is 0 Å². The molecule has 5 heteroatoms. The summed E-state index contributed by atoms with van der Waals surface area (Å²) in [6.07, 6.45) is 3.61. The predicted octanol–water partition coefficient (Wildman–Crippen LogP) is 4.28. The maximum Gasteiger partial charge on any atom is 0.310 e. The summed E-state index contributed by atoms with van der Waals surface area (Å²) in [5.74, 6) is -1.16. The van der Waals surface area contributed by atoms with Crippen molar-refractivity contribution in [2.75, 3.05) is 11.9 Å². The van der Waals surface area contributed by atoms with Crippen molar-refractivity contribution in [3.63, 3.8) is 0 Å². The summed E-state index contributed by atoms with van der Waals surface area (Å²) in [5.41, 5.74) is 2.40. The van der Waals surface area contributed by atoms with E-state index in [1.807, 2.05) is 49.4 Å². The third-order valence-electron chi connectivity index (χ3n) is 6.57. The van der Waals surface area contributed by atoms with Crippen LogP contribution in [0.1, 0.15) is 42.1 Å². The molecular weight excluding hydrogens is 378 g/mol. The Hall–Kier alpha value is -2.95. The Morgan fingerprint density at radius 3 is 2.33 bits per heavy atom. The highest BCUT2D eigenvalue weighted by atomic mass is 16.5. The molecule has 2 bridgehead atoms. The standard InChI is InChI=1S/C25H27NO4/c1-2-16-8-6-7-11-20(16)26-21(27)15-30-25(29)23-19-13-12-18(14-19)22(23)24(28)17-9-4-3-5-10-17/h3-11,18-19,22-23H,2,12-15H2,1H3,(H,26,27)/t18-,19-,22+,23+/m0/s1. The number of ether oxygens (including phenoxy) is 1. The van der Waals surface area contributed by atoms with Crippen LogP contribution in [0.25, 0.3) is 0 Å². The third-order valence-corrected chi connectivity index (χ3v) is 6.57. The molecule has 0 aromatic heterocycles. The minimum atomic E-state index is -0.452. The molecule has 5 nitrogen and oxygen atoms in total. The van der Waals surface area contributed by atoms with Gasteiger partial charge < -0.3 is 10.1 Å². The van der Waals surface area contributed by atoms with Gasteiger partial charge in [0.1, 0.15) is 0 Å². The average molecular weight is 405 g/mol. The smallest absolute Gasteiger partial charge is 0.310 e. The topological polar surface area (TPSA) is 72.5 Å². The first kappa shape index (κ1) is 20.3. The highest BCUT2D eigenvalue weighted by molar-refractivity contribution is 6.01. The summed E-state index contributed by atoms with van der Waals surface area (Å²) < 4.78 is 5.40. The van der Waals surface area contributed by atoms with E-state index in [-0.39, 0.29) is 36.1 Å². The largest absolute Gasteiger partial charge is 0.455 e. The predicted molar refractivity (Wildman–Crippen MR) is 114 cm³/mol. The number of carbonyl (C=O) groups excluding carboxylic acids is 3. The van der Waals surface area contributed by atoms with Gasteiger partial charge in [-0.15, -0.1) is 0 Å². The number of hydrogen-bond acceptors (Lipinski definition) is 4. The second kappa shape index (κ2) is 8.82. The van der Waals surface area contributed by atoms with Crippen LogP contribution in [0.2, 0.25) is 0 Å². The molecule has 0 unspecified atom stereocenters. The molecule has 1 amide bonds. The van der Waals surface area contributed by atoms with Crippen LogP contribution in [0.15, 0.2) is 54.6 Å². The normalized spacial score (nSPS) is 24.4. The van der Waals surface area contributed by atoms with Gasteiger partial charge in [0, 0.05) is 17.2 Å². The number of esters is 1. The van der Waals surface area contributed by atoms with Gasteiger partial charge in [0.15, 0.2) is 12.4 Å². The van der Waals surface area contributed by atoms with E-state index in [9.17, 15) is 14.4 Å². The molecule has 2 aromatic rings. The maximum absolute atomic E-state index is 13.1. The number of fused-ring (bicyclic) bond motifs is 2. The zero-order chi connectivity index (χ0) is 21.1. The highest BCUT2D eigenvalue weighted by Gasteiger charge is 2.54. The SMILES string of the molecule is CCc1ccccc1NC(=O)COC(=O)[C@@H]1[C@H]2CC[C@@H](C2)[C@H]1C(=O)c1ccccc1. The number of para-hydroxylation sites is 1. The molecule has 2 aliphatic rings. The van der Waals surface area contributed by atoms with Gasteiger partial charge in [-0.3, -0.25) is 14.4 Å². The number of amides is 1. The van der Waals surface area contributed by atoms with Crippen LogP contribution in [-0.4, -0.2) is 24.3 Å². The first-order valence-corrected chi connectivity index (χ1v) is 10.7. The zero-order valence-corrected chi connectivity index (χ0v) is 17.2. The van der Waals surface area contributed by atoms with E-state index in [1.54, 1.807) is 12.1 Å². The number of anilines is 1. The van der Waals surface area contributed by atoms with E-state index in [1.165, 1.54) is 0 Å². The van der Waals surface area contributed by atoms with Gasteiger partial charge in [-0.1, -0.05) is 55.5 Å². The number of hydrogen-bond donors (Lipinski definition) is 1. The number of aryl methyl sites for hydroxylation is 1. The summed E-state index contributed by atoms with van der Waals surface area (Å²) >= 11 is 0. The Labute approximate surface area is 176 Å². The van der Waals surface area contributed by atoms with Gasteiger partial charge >= 0.3 is 5.97 Å². The van der Waals surface area contributed by atoms with Crippen molar-refractivity contribution < 1.29 is 19.1 Å². The summed E-state index contributed by atoms with van der Waals surface area (Å²) in [5, 5.41) is 2.82. The number of rotatable bonds is 7. The first-order chi connectivity index (χ1) is 14.6. The molecule has 0 spiro atoms. The van der Waals surface area contributed by atoms with E-state index >= 15 is 0 Å². The molecule has 2 aromatic carbocycles. The van der Waals surface area contributed by atoms with Crippen LogP contribution >= 0.6 is 0 Å². The lowest BCUT2D eigenvalue weighted by atomic mass is 9.75. The summed E-state index contributed by atoms with van der Waals surface area (Å²) in [6.45, 7) is 1.68. The molecule has 0 heterocycles. The van der Waals surface area contributed by atoms with Gasteiger partial charge in [-0.25, -0.2) is 0 Å². The Balaban J connectivity index is 1.40. The van der Waals surface area contributed by atoms with Crippen molar-refractivity contribution in [3.05, 3.63) is 65.7 Å². The monoisotopic (exact) mass is 405 g/mol. The molecule has 0 aliphatic heterocycles. The number of benzene rings is 2.